The van der Waals surface area contributed by atoms with Crippen molar-refractivity contribution in [1.29, 1.82) is 0 Å². The zero-order valence-corrected chi connectivity index (χ0v) is 12.5. The third-order valence-corrected chi connectivity index (χ3v) is 4.92. The maximum absolute atomic E-state index is 11.6. The summed E-state index contributed by atoms with van der Waals surface area (Å²) >= 11 is 0. The van der Waals surface area contributed by atoms with Gasteiger partial charge in [-0.15, -0.1) is 0 Å². The van der Waals surface area contributed by atoms with Crippen molar-refractivity contribution < 1.29 is 9.53 Å². The summed E-state index contributed by atoms with van der Waals surface area (Å²) < 4.78 is 5.43. The van der Waals surface area contributed by atoms with Crippen LogP contribution in [0.2, 0.25) is 0 Å². The summed E-state index contributed by atoms with van der Waals surface area (Å²) in [6.45, 7) is 3.86. The van der Waals surface area contributed by atoms with E-state index in [0.717, 1.165) is 44.7 Å². The van der Waals surface area contributed by atoms with Gasteiger partial charge >= 0.3 is 0 Å². The first-order chi connectivity index (χ1) is 10.3. The maximum atomic E-state index is 11.6. The fraction of sp³-hybridized carbons (Fsp3) is 0.588. The summed E-state index contributed by atoms with van der Waals surface area (Å²) in [6.07, 6.45) is 4.70. The van der Waals surface area contributed by atoms with E-state index in [1.807, 2.05) is 18.2 Å². The quantitative estimate of drug-likeness (QED) is 0.927. The van der Waals surface area contributed by atoms with Crippen molar-refractivity contribution >= 4 is 5.91 Å². The van der Waals surface area contributed by atoms with Crippen LogP contribution in [0, 0.1) is 0 Å². The Bertz CT molecular complexity index is 489. The lowest BCUT2D eigenvalue weighted by molar-refractivity contribution is 0.00728. The summed E-state index contributed by atoms with van der Waals surface area (Å²) in [5.41, 5.74) is 7.35. The molecule has 1 aliphatic carbocycles. The molecule has 1 saturated carbocycles. The Hall–Kier alpha value is -1.39. The number of nitrogens with two attached hydrogens (primary N) is 1. The Labute approximate surface area is 126 Å². The first kappa shape index (κ1) is 14.5. The SMILES string of the molecule is NC(=O)c1ccccc1C1CCC(N2CCOCC2)CC1. The van der Waals surface area contributed by atoms with E-state index in [4.69, 9.17) is 10.5 Å². The zero-order chi connectivity index (χ0) is 14.7. The minimum atomic E-state index is -0.305. The van der Waals surface area contributed by atoms with Crippen LogP contribution in [0.25, 0.3) is 0 Å². The van der Waals surface area contributed by atoms with Crippen molar-refractivity contribution in [1.82, 2.24) is 4.90 Å². The molecule has 1 aromatic carbocycles. The molecule has 1 amide bonds. The van der Waals surface area contributed by atoms with E-state index in [9.17, 15) is 4.79 Å². The summed E-state index contributed by atoms with van der Waals surface area (Å²) in [5, 5.41) is 0. The van der Waals surface area contributed by atoms with Gasteiger partial charge in [-0.25, -0.2) is 0 Å². The zero-order valence-electron chi connectivity index (χ0n) is 12.5. The highest BCUT2D eigenvalue weighted by molar-refractivity contribution is 5.94. The number of benzene rings is 1. The summed E-state index contributed by atoms with van der Waals surface area (Å²) in [5.74, 6) is 0.173. The number of rotatable bonds is 3. The van der Waals surface area contributed by atoms with Crippen LogP contribution in [0.15, 0.2) is 24.3 Å². The van der Waals surface area contributed by atoms with Gasteiger partial charge in [-0.2, -0.15) is 0 Å². The second-order valence-corrected chi connectivity index (χ2v) is 6.11. The van der Waals surface area contributed by atoms with E-state index in [1.165, 1.54) is 12.8 Å². The number of primary amides is 1. The van der Waals surface area contributed by atoms with Crippen LogP contribution >= 0.6 is 0 Å². The third kappa shape index (κ3) is 3.27. The van der Waals surface area contributed by atoms with Crippen LogP contribution in [-0.4, -0.2) is 43.2 Å². The topological polar surface area (TPSA) is 55.6 Å². The van der Waals surface area contributed by atoms with Crippen LogP contribution in [0.4, 0.5) is 0 Å². The fourth-order valence-corrected chi connectivity index (χ4v) is 3.77. The number of morpholine rings is 1. The molecule has 0 spiro atoms. The molecule has 1 aliphatic heterocycles. The van der Waals surface area contributed by atoms with E-state index in [2.05, 4.69) is 11.0 Å². The first-order valence-corrected chi connectivity index (χ1v) is 7.96. The van der Waals surface area contributed by atoms with E-state index in [0.29, 0.717) is 17.5 Å². The third-order valence-electron chi connectivity index (χ3n) is 4.92. The Morgan fingerprint density at radius 2 is 1.76 bits per heavy atom. The molecule has 0 atom stereocenters. The van der Waals surface area contributed by atoms with Gasteiger partial charge < -0.3 is 10.5 Å². The molecule has 4 heteroatoms. The van der Waals surface area contributed by atoms with Crippen molar-refractivity contribution in [2.45, 2.75) is 37.6 Å². The number of amides is 1. The summed E-state index contributed by atoms with van der Waals surface area (Å²) in [4.78, 5) is 14.1. The number of hydrogen-bond donors (Lipinski definition) is 1. The van der Waals surface area contributed by atoms with Crippen LogP contribution in [0.5, 0.6) is 0 Å². The van der Waals surface area contributed by atoms with Crippen LogP contribution in [0.1, 0.15) is 47.5 Å². The molecule has 2 fully saturated rings. The molecule has 1 saturated heterocycles. The van der Waals surface area contributed by atoms with Gasteiger partial charge in [-0.1, -0.05) is 18.2 Å². The van der Waals surface area contributed by atoms with Gasteiger partial charge in [0, 0.05) is 24.7 Å². The number of carbonyl (C=O) groups excluding carboxylic acids is 1. The Morgan fingerprint density at radius 3 is 2.43 bits per heavy atom. The minimum Gasteiger partial charge on any atom is -0.379 e. The smallest absolute Gasteiger partial charge is 0.248 e. The molecule has 0 aromatic heterocycles. The number of carbonyl (C=O) groups is 1. The average molecular weight is 288 g/mol. The number of nitrogens with zero attached hydrogens (tertiary/aromatic N) is 1. The van der Waals surface area contributed by atoms with Crippen LogP contribution in [-0.2, 0) is 4.74 Å². The standard InChI is InChI=1S/C17H24N2O2/c18-17(20)16-4-2-1-3-15(16)13-5-7-14(8-6-13)19-9-11-21-12-10-19/h1-4,13-14H,5-12H2,(H2,18,20). The van der Waals surface area contributed by atoms with Gasteiger partial charge in [-0.3, -0.25) is 9.69 Å². The number of hydrogen-bond acceptors (Lipinski definition) is 3. The fourth-order valence-electron chi connectivity index (χ4n) is 3.77. The van der Waals surface area contributed by atoms with Crippen LogP contribution < -0.4 is 5.73 Å². The normalized spacial score (nSPS) is 27.4. The number of ether oxygens (including phenoxy) is 1. The predicted octanol–water partition coefficient (Wildman–Crippen LogP) is 2.14. The van der Waals surface area contributed by atoms with Gasteiger partial charge in [0.05, 0.1) is 13.2 Å². The molecule has 2 aliphatic rings. The van der Waals surface area contributed by atoms with Gasteiger partial charge in [0.2, 0.25) is 5.91 Å². The minimum absolute atomic E-state index is 0.305. The Kier molecular flexibility index (Phi) is 4.56. The van der Waals surface area contributed by atoms with E-state index >= 15 is 0 Å². The van der Waals surface area contributed by atoms with Crippen molar-refractivity contribution in [3.05, 3.63) is 35.4 Å². The largest absolute Gasteiger partial charge is 0.379 e. The summed E-state index contributed by atoms with van der Waals surface area (Å²) in [6, 6.07) is 8.51. The Balaban J connectivity index is 1.64. The molecule has 0 bridgehead atoms. The maximum Gasteiger partial charge on any atom is 0.248 e. The van der Waals surface area contributed by atoms with Crippen molar-refractivity contribution in [2.24, 2.45) is 5.73 Å². The molecule has 0 radical (unpaired) electrons. The highest BCUT2D eigenvalue weighted by Crippen LogP contribution is 2.36. The lowest BCUT2D eigenvalue weighted by Crippen LogP contribution is -2.44. The van der Waals surface area contributed by atoms with Gasteiger partial charge in [0.1, 0.15) is 0 Å². The molecule has 1 aromatic rings. The second-order valence-electron chi connectivity index (χ2n) is 6.11. The molecule has 2 N–H and O–H groups in total. The second kappa shape index (κ2) is 6.58. The van der Waals surface area contributed by atoms with Gasteiger partial charge in [-0.05, 0) is 43.2 Å². The highest BCUT2D eigenvalue weighted by atomic mass is 16.5. The molecule has 21 heavy (non-hydrogen) atoms. The van der Waals surface area contributed by atoms with Gasteiger partial charge in [0.25, 0.3) is 0 Å². The first-order valence-electron chi connectivity index (χ1n) is 7.96. The average Bonchev–Trinajstić information content (AvgIpc) is 2.56. The van der Waals surface area contributed by atoms with Crippen molar-refractivity contribution in [3.8, 4) is 0 Å². The Morgan fingerprint density at radius 1 is 1.10 bits per heavy atom. The molecule has 0 unspecified atom stereocenters. The molecule has 114 valence electrons. The lowest BCUT2D eigenvalue weighted by atomic mass is 9.79. The predicted molar refractivity (Wildman–Crippen MR) is 82.3 cm³/mol. The van der Waals surface area contributed by atoms with E-state index in [1.54, 1.807) is 0 Å². The van der Waals surface area contributed by atoms with Crippen LogP contribution in [0.3, 0.4) is 0 Å². The monoisotopic (exact) mass is 288 g/mol. The van der Waals surface area contributed by atoms with E-state index in [-0.39, 0.29) is 5.91 Å². The molecular formula is C17H24N2O2. The van der Waals surface area contributed by atoms with Crippen molar-refractivity contribution in [3.63, 3.8) is 0 Å². The highest BCUT2D eigenvalue weighted by Gasteiger charge is 2.28. The molecule has 1 heterocycles. The molecule has 3 rings (SSSR count). The molecular weight excluding hydrogens is 264 g/mol. The summed E-state index contributed by atoms with van der Waals surface area (Å²) in [7, 11) is 0. The lowest BCUT2D eigenvalue weighted by Gasteiger charge is -2.39. The van der Waals surface area contributed by atoms with E-state index < -0.39 is 0 Å². The van der Waals surface area contributed by atoms with Crippen molar-refractivity contribution in [2.75, 3.05) is 26.3 Å². The molecule has 4 nitrogen and oxygen atoms in total. The van der Waals surface area contributed by atoms with Gasteiger partial charge in [0.15, 0.2) is 0 Å².